The summed E-state index contributed by atoms with van der Waals surface area (Å²) in [6.45, 7) is 0. The van der Waals surface area contributed by atoms with Crippen molar-refractivity contribution in [2.24, 2.45) is 0 Å². The summed E-state index contributed by atoms with van der Waals surface area (Å²) in [7, 11) is 0. The first-order valence-corrected chi connectivity index (χ1v) is 9.47. The molecule has 0 atom stereocenters. The van der Waals surface area contributed by atoms with Crippen molar-refractivity contribution in [3.8, 4) is 16.3 Å². The number of benzene rings is 3. The molecule has 2 N–H and O–H groups in total. The molecule has 4 nitrogen and oxygen atoms in total. The van der Waals surface area contributed by atoms with Gasteiger partial charge < -0.3 is 10.4 Å². The standard InChI is InChI=1S/C20H13BrN2O2S/c21-13-5-3-4-12(10-13)19(25)22-14-8-9-17(24)15(11-14)20-23-16-6-1-2-7-18(16)26-20/h1-11,24H,(H,22,25). The van der Waals surface area contributed by atoms with Crippen LogP contribution in [-0.2, 0) is 0 Å². The molecule has 0 radical (unpaired) electrons. The highest BCUT2D eigenvalue weighted by atomic mass is 79.9. The first kappa shape index (κ1) is 16.8. The van der Waals surface area contributed by atoms with Gasteiger partial charge in [0.1, 0.15) is 10.8 Å². The van der Waals surface area contributed by atoms with Crippen LogP contribution in [0.2, 0.25) is 0 Å². The Hall–Kier alpha value is -2.70. The predicted octanol–water partition coefficient (Wildman–Crippen LogP) is 5.68. The highest BCUT2D eigenvalue weighted by molar-refractivity contribution is 9.10. The van der Waals surface area contributed by atoms with E-state index < -0.39 is 0 Å². The van der Waals surface area contributed by atoms with Gasteiger partial charge in [0.05, 0.1) is 15.8 Å². The fraction of sp³-hybridized carbons (Fsp3) is 0. The summed E-state index contributed by atoms with van der Waals surface area (Å²) in [4.78, 5) is 17.0. The smallest absolute Gasteiger partial charge is 0.255 e. The van der Waals surface area contributed by atoms with E-state index in [4.69, 9.17) is 0 Å². The SMILES string of the molecule is O=C(Nc1ccc(O)c(-c2nc3ccccc3s2)c1)c1cccc(Br)c1. The van der Waals surface area contributed by atoms with Gasteiger partial charge in [-0.3, -0.25) is 4.79 Å². The maximum atomic E-state index is 12.4. The summed E-state index contributed by atoms with van der Waals surface area (Å²) in [6, 6.07) is 20.0. The number of thiazole rings is 1. The molecule has 0 unspecified atom stereocenters. The largest absolute Gasteiger partial charge is 0.507 e. The van der Waals surface area contributed by atoms with Crippen molar-refractivity contribution in [1.29, 1.82) is 0 Å². The van der Waals surface area contributed by atoms with Crippen LogP contribution in [0.3, 0.4) is 0 Å². The number of nitrogens with zero attached hydrogens (tertiary/aromatic N) is 1. The van der Waals surface area contributed by atoms with E-state index in [2.05, 4.69) is 26.2 Å². The summed E-state index contributed by atoms with van der Waals surface area (Å²) in [6.07, 6.45) is 0. The summed E-state index contributed by atoms with van der Waals surface area (Å²) in [5, 5.41) is 13.8. The second-order valence-corrected chi connectivity index (χ2v) is 7.63. The molecule has 26 heavy (non-hydrogen) atoms. The quantitative estimate of drug-likeness (QED) is 0.415. The molecular formula is C20H13BrN2O2S. The highest BCUT2D eigenvalue weighted by Gasteiger charge is 2.13. The van der Waals surface area contributed by atoms with Gasteiger partial charge in [0.2, 0.25) is 0 Å². The van der Waals surface area contributed by atoms with Crippen LogP contribution >= 0.6 is 27.3 Å². The number of para-hydroxylation sites is 1. The van der Waals surface area contributed by atoms with Gasteiger partial charge in [-0.05, 0) is 48.5 Å². The number of carbonyl (C=O) groups excluding carboxylic acids is 1. The van der Waals surface area contributed by atoms with E-state index in [1.165, 1.54) is 11.3 Å². The van der Waals surface area contributed by atoms with E-state index >= 15 is 0 Å². The Balaban J connectivity index is 1.67. The van der Waals surface area contributed by atoms with Gasteiger partial charge >= 0.3 is 0 Å². The van der Waals surface area contributed by atoms with Crippen molar-refractivity contribution in [2.45, 2.75) is 0 Å². The van der Waals surface area contributed by atoms with Gasteiger partial charge in [-0.1, -0.05) is 34.1 Å². The Labute approximate surface area is 162 Å². The zero-order valence-corrected chi connectivity index (χ0v) is 15.8. The lowest BCUT2D eigenvalue weighted by molar-refractivity contribution is 0.102. The maximum Gasteiger partial charge on any atom is 0.255 e. The van der Waals surface area contributed by atoms with Gasteiger partial charge in [-0.25, -0.2) is 4.98 Å². The molecule has 3 aromatic carbocycles. The van der Waals surface area contributed by atoms with Crippen molar-refractivity contribution in [3.05, 3.63) is 76.8 Å². The molecule has 6 heteroatoms. The molecule has 4 aromatic rings. The molecule has 0 saturated carbocycles. The summed E-state index contributed by atoms with van der Waals surface area (Å²) in [5.74, 6) is -0.0863. The topological polar surface area (TPSA) is 62.2 Å². The number of hydrogen-bond acceptors (Lipinski definition) is 4. The zero-order chi connectivity index (χ0) is 18.1. The number of phenols is 1. The van der Waals surface area contributed by atoms with Crippen molar-refractivity contribution < 1.29 is 9.90 Å². The molecule has 0 aliphatic carbocycles. The fourth-order valence-corrected chi connectivity index (χ4v) is 4.00. The van der Waals surface area contributed by atoms with E-state index in [-0.39, 0.29) is 11.7 Å². The summed E-state index contributed by atoms with van der Waals surface area (Å²) >= 11 is 4.86. The molecule has 128 valence electrons. The molecule has 0 saturated heterocycles. The average molecular weight is 425 g/mol. The van der Waals surface area contributed by atoms with Crippen molar-refractivity contribution >= 4 is 49.1 Å². The van der Waals surface area contributed by atoms with Gasteiger partial charge in [-0.2, -0.15) is 0 Å². The minimum atomic E-state index is -0.216. The molecule has 0 aliphatic rings. The van der Waals surface area contributed by atoms with Crippen LogP contribution < -0.4 is 5.32 Å². The average Bonchev–Trinajstić information content (AvgIpc) is 3.07. The number of halogens is 1. The molecule has 1 heterocycles. The Morgan fingerprint density at radius 1 is 1.04 bits per heavy atom. The lowest BCUT2D eigenvalue weighted by Gasteiger charge is -2.08. The monoisotopic (exact) mass is 424 g/mol. The molecule has 0 fully saturated rings. The molecule has 1 amide bonds. The van der Waals surface area contributed by atoms with Crippen LogP contribution in [0.4, 0.5) is 5.69 Å². The second-order valence-electron chi connectivity index (χ2n) is 5.68. The Morgan fingerprint density at radius 2 is 1.88 bits per heavy atom. The van der Waals surface area contributed by atoms with Gasteiger partial charge in [0.25, 0.3) is 5.91 Å². The summed E-state index contributed by atoms with van der Waals surface area (Å²) in [5.41, 5.74) is 2.63. The minimum absolute atomic E-state index is 0.129. The van der Waals surface area contributed by atoms with Crippen molar-refractivity contribution in [3.63, 3.8) is 0 Å². The number of nitrogens with one attached hydrogen (secondary N) is 1. The number of fused-ring (bicyclic) bond motifs is 1. The second kappa shape index (κ2) is 6.90. The van der Waals surface area contributed by atoms with Crippen molar-refractivity contribution in [2.75, 3.05) is 5.32 Å². The van der Waals surface area contributed by atoms with Crippen LogP contribution in [0, 0.1) is 0 Å². The molecule has 0 aliphatic heterocycles. The zero-order valence-electron chi connectivity index (χ0n) is 13.4. The number of aromatic nitrogens is 1. The lowest BCUT2D eigenvalue weighted by Crippen LogP contribution is -2.11. The Bertz CT molecular complexity index is 1090. The number of hydrogen-bond donors (Lipinski definition) is 2. The number of anilines is 1. The van der Waals surface area contributed by atoms with Gasteiger partial charge in [0, 0.05) is 15.7 Å². The third-order valence-corrected chi connectivity index (χ3v) is 5.43. The van der Waals surface area contributed by atoms with Crippen LogP contribution in [0.1, 0.15) is 10.4 Å². The molecule has 1 aromatic heterocycles. The van der Waals surface area contributed by atoms with E-state index in [1.807, 2.05) is 36.4 Å². The van der Waals surface area contributed by atoms with Crippen LogP contribution in [0.15, 0.2) is 71.2 Å². The number of phenolic OH excluding ortho intramolecular Hbond substituents is 1. The molecule has 0 bridgehead atoms. The predicted molar refractivity (Wildman–Crippen MR) is 109 cm³/mol. The number of aromatic hydroxyl groups is 1. The third-order valence-electron chi connectivity index (χ3n) is 3.87. The number of rotatable bonds is 3. The fourth-order valence-electron chi connectivity index (χ4n) is 2.61. The number of carbonyl (C=O) groups is 1. The Morgan fingerprint density at radius 3 is 2.69 bits per heavy atom. The van der Waals surface area contributed by atoms with E-state index in [9.17, 15) is 9.90 Å². The normalized spacial score (nSPS) is 10.8. The molecule has 4 rings (SSSR count). The van der Waals surface area contributed by atoms with E-state index in [1.54, 1.807) is 30.3 Å². The first-order chi connectivity index (χ1) is 12.6. The lowest BCUT2D eigenvalue weighted by atomic mass is 10.1. The third kappa shape index (κ3) is 3.34. The van der Waals surface area contributed by atoms with Crippen LogP contribution in [-0.4, -0.2) is 16.0 Å². The maximum absolute atomic E-state index is 12.4. The van der Waals surface area contributed by atoms with Gasteiger partial charge in [0.15, 0.2) is 0 Å². The summed E-state index contributed by atoms with van der Waals surface area (Å²) < 4.78 is 1.89. The van der Waals surface area contributed by atoms with Gasteiger partial charge in [-0.15, -0.1) is 11.3 Å². The molecule has 0 spiro atoms. The molecular weight excluding hydrogens is 412 g/mol. The first-order valence-electron chi connectivity index (χ1n) is 7.86. The Kier molecular flexibility index (Phi) is 4.44. The van der Waals surface area contributed by atoms with E-state index in [0.29, 0.717) is 21.8 Å². The van der Waals surface area contributed by atoms with Crippen LogP contribution in [0.5, 0.6) is 5.75 Å². The number of amides is 1. The van der Waals surface area contributed by atoms with E-state index in [0.717, 1.165) is 14.7 Å². The van der Waals surface area contributed by atoms with Crippen molar-refractivity contribution in [1.82, 2.24) is 4.98 Å². The van der Waals surface area contributed by atoms with Crippen LogP contribution in [0.25, 0.3) is 20.8 Å². The highest BCUT2D eigenvalue weighted by Crippen LogP contribution is 2.36. The minimum Gasteiger partial charge on any atom is -0.507 e.